The number of hydrogen-bond donors (Lipinski definition) is 0. The highest BCUT2D eigenvalue weighted by atomic mass is 32.2. The summed E-state index contributed by atoms with van der Waals surface area (Å²) in [5, 5.41) is 1.45. The highest BCUT2D eigenvalue weighted by Gasteiger charge is 2.26. The molecule has 0 bridgehead atoms. The zero-order chi connectivity index (χ0) is 19.7. The summed E-state index contributed by atoms with van der Waals surface area (Å²) in [7, 11) is 0. The Morgan fingerprint density at radius 2 is 2.14 bits per heavy atom. The first kappa shape index (κ1) is 19.9. The van der Waals surface area contributed by atoms with Crippen molar-refractivity contribution in [3.05, 3.63) is 20.8 Å². The molecule has 2 aliphatic rings. The number of amides is 1. The number of carbonyl (C=O) groups excluding carboxylic acids is 1. The molecule has 2 aromatic heterocycles. The maximum absolute atomic E-state index is 13.4. The topological polar surface area (TPSA) is 64.4 Å². The summed E-state index contributed by atoms with van der Waals surface area (Å²) in [6.07, 6.45) is 5.20. The van der Waals surface area contributed by atoms with Crippen molar-refractivity contribution in [1.82, 2.24) is 14.5 Å². The molecule has 0 spiro atoms. The molecule has 1 atom stereocenters. The Bertz CT molecular complexity index is 927. The van der Waals surface area contributed by atoms with Crippen molar-refractivity contribution >= 4 is 39.2 Å². The summed E-state index contributed by atoms with van der Waals surface area (Å²) in [5.41, 5.74) is 1.24. The average molecular weight is 422 g/mol. The lowest BCUT2D eigenvalue weighted by Crippen LogP contribution is -2.33. The fourth-order valence-corrected chi connectivity index (χ4v) is 6.33. The minimum absolute atomic E-state index is 0.0395. The normalized spacial score (nSPS) is 18.7. The van der Waals surface area contributed by atoms with Crippen LogP contribution in [0, 0.1) is 0 Å². The number of thiophene rings is 1. The molecule has 28 heavy (non-hydrogen) atoms. The van der Waals surface area contributed by atoms with E-state index in [1.807, 2.05) is 18.7 Å². The number of ether oxygens (including phenoxy) is 1. The van der Waals surface area contributed by atoms with Gasteiger partial charge < -0.3 is 9.64 Å². The number of thioether (sulfide) groups is 1. The van der Waals surface area contributed by atoms with E-state index in [0.29, 0.717) is 30.5 Å². The fraction of sp³-hybridized carbons (Fsp3) is 0.650. The van der Waals surface area contributed by atoms with E-state index < -0.39 is 0 Å². The molecule has 3 heterocycles. The molecule has 0 aromatic carbocycles. The Kier molecular flexibility index (Phi) is 6.08. The number of aromatic nitrogens is 2. The van der Waals surface area contributed by atoms with E-state index in [4.69, 9.17) is 9.72 Å². The van der Waals surface area contributed by atoms with Crippen LogP contribution in [0.25, 0.3) is 10.2 Å². The number of aryl methyl sites for hydroxylation is 2. The summed E-state index contributed by atoms with van der Waals surface area (Å²) < 4.78 is 7.55. The smallest absolute Gasteiger partial charge is 0.263 e. The second-order valence-corrected chi connectivity index (χ2v) is 9.36. The molecule has 1 saturated heterocycles. The van der Waals surface area contributed by atoms with Gasteiger partial charge in [0.2, 0.25) is 5.91 Å². The Morgan fingerprint density at radius 3 is 2.86 bits per heavy atom. The van der Waals surface area contributed by atoms with Crippen LogP contribution in [0.15, 0.2) is 9.95 Å². The molecule has 0 unspecified atom stereocenters. The third kappa shape index (κ3) is 3.74. The number of carbonyl (C=O) groups is 1. The minimum Gasteiger partial charge on any atom is -0.376 e. The van der Waals surface area contributed by atoms with Crippen LogP contribution >= 0.6 is 23.1 Å². The predicted octanol–water partition coefficient (Wildman–Crippen LogP) is 3.09. The number of hydrogen-bond acceptors (Lipinski definition) is 6. The predicted molar refractivity (Wildman–Crippen MR) is 114 cm³/mol. The first-order valence-corrected chi connectivity index (χ1v) is 12.0. The molecule has 0 saturated carbocycles. The van der Waals surface area contributed by atoms with Crippen molar-refractivity contribution in [2.75, 3.05) is 25.4 Å². The molecule has 152 valence electrons. The van der Waals surface area contributed by atoms with Gasteiger partial charge in [-0.05, 0) is 51.5 Å². The van der Waals surface area contributed by atoms with Crippen LogP contribution < -0.4 is 5.56 Å². The second kappa shape index (κ2) is 8.55. The van der Waals surface area contributed by atoms with Crippen LogP contribution in [-0.4, -0.2) is 51.9 Å². The first-order chi connectivity index (χ1) is 13.6. The van der Waals surface area contributed by atoms with E-state index in [0.717, 1.165) is 48.9 Å². The summed E-state index contributed by atoms with van der Waals surface area (Å²) in [6.45, 7) is 6.64. The Labute approximate surface area is 173 Å². The van der Waals surface area contributed by atoms with Gasteiger partial charge in [0.25, 0.3) is 5.56 Å². The van der Waals surface area contributed by atoms with Gasteiger partial charge in [-0.15, -0.1) is 11.3 Å². The summed E-state index contributed by atoms with van der Waals surface area (Å²) in [4.78, 5) is 34.7. The number of rotatable bonds is 7. The zero-order valence-corrected chi connectivity index (χ0v) is 18.2. The Morgan fingerprint density at radius 1 is 1.32 bits per heavy atom. The van der Waals surface area contributed by atoms with Gasteiger partial charge in [0.05, 0.1) is 23.8 Å². The fourth-order valence-electron chi connectivity index (χ4n) is 4.12. The molecule has 6 nitrogen and oxygen atoms in total. The largest absolute Gasteiger partial charge is 0.376 e. The third-order valence-corrected chi connectivity index (χ3v) is 7.79. The van der Waals surface area contributed by atoms with E-state index in [1.54, 1.807) is 15.9 Å². The molecule has 4 rings (SSSR count). The van der Waals surface area contributed by atoms with E-state index in [2.05, 4.69) is 0 Å². The molecule has 8 heteroatoms. The van der Waals surface area contributed by atoms with Crippen LogP contribution in [0.2, 0.25) is 0 Å². The third-order valence-electron chi connectivity index (χ3n) is 5.64. The number of nitrogens with zero attached hydrogens (tertiary/aromatic N) is 3. The summed E-state index contributed by atoms with van der Waals surface area (Å²) in [5.74, 6) is 0.387. The van der Waals surface area contributed by atoms with Crippen LogP contribution in [-0.2, 0) is 28.9 Å². The molecule has 1 aliphatic carbocycles. The molecule has 1 aliphatic heterocycles. The molecule has 0 radical (unpaired) electrons. The van der Waals surface area contributed by atoms with Gasteiger partial charge in [0.15, 0.2) is 5.16 Å². The van der Waals surface area contributed by atoms with Crippen molar-refractivity contribution in [2.45, 2.75) is 63.8 Å². The van der Waals surface area contributed by atoms with Crippen LogP contribution in [0.3, 0.4) is 0 Å². The van der Waals surface area contributed by atoms with Gasteiger partial charge >= 0.3 is 0 Å². The monoisotopic (exact) mass is 421 g/mol. The highest BCUT2D eigenvalue weighted by molar-refractivity contribution is 7.99. The molecular formula is C20H27N3O3S2. The van der Waals surface area contributed by atoms with Crippen LogP contribution in [0.4, 0.5) is 0 Å². The maximum Gasteiger partial charge on any atom is 0.263 e. The number of fused-ring (bicyclic) bond motifs is 3. The van der Waals surface area contributed by atoms with E-state index >= 15 is 0 Å². The Hall–Kier alpha value is -1.38. The Balaban J connectivity index is 1.69. The molecule has 1 amide bonds. The van der Waals surface area contributed by atoms with Crippen molar-refractivity contribution in [3.8, 4) is 0 Å². The molecule has 1 fully saturated rings. The van der Waals surface area contributed by atoms with Gasteiger partial charge in [-0.2, -0.15) is 0 Å². The van der Waals surface area contributed by atoms with Crippen molar-refractivity contribution < 1.29 is 9.53 Å². The van der Waals surface area contributed by atoms with Gasteiger partial charge in [0.1, 0.15) is 4.83 Å². The molecule has 0 N–H and O–H groups in total. The van der Waals surface area contributed by atoms with Crippen molar-refractivity contribution in [3.63, 3.8) is 0 Å². The lowest BCUT2D eigenvalue weighted by molar-refractivity contribution is -0.127. The lowest BCUT2D eigenvalue weighted by atomic mass is 10.2. The van der Waals surface area contributed by atoms with Gasteiger partial charge in [0, 0.05) is 24.6 Å². The van der Waals surface area contributed by atoms with Gasteiger partial charge in [-0.1, -0.05) is 11.8 Å². The second-order valence-electron chi connectivity index (χ2n) is 7.34. The molecular weight excluding hydrogens is 394 g/mol. The van der Waals surface area contributed by atoms with E-state index in [1.165, 1.54) is 22.2 Å². The van der Waals surface area contributed by atoms with Crippen LogP contribution in [0.1, 0.15) is 43.6 Å². The summed E-state index contributed by atoms with van der Waals surface area (Å²) in [6, 6.07) is 0. The SMILES string of the molecule is CCN(CC)C(=O)CSc1nc2sc3c(c2c(=O)n1C[C@H]1CCCO1)CCC3. The zero-order valence-electron chi connectivity index (χ0n) is 16.5. The van der Waals surface area contributed by atoms with Gasteiger partial charge in [-0.3, -0.25) is 14.2 Å². The summed E-state index contributed by atoms with van der Waals surface area (Å²) >= 11 is 3.03. The highest BCUT2D eigenvalue weighted by Crippen LogP contribution is 2.35. The van der Waals surface area contributed by atoms with Crippen LogP contribution in [0.5, 0.6) is 0 Å². The average Bonchev–Trinajstić information content (AvgIpc) is 3.40. The maximum atomic E-state index is 13.4. The van der Waals surface area contributed by atoms with E-state index in [9.17, 15) is 9.59 Å². The molecule has 2 aromatic rings. The van der Waals surface area contributed by atoms with E-state index in [-0.39, 0.29) is 17.6 Å². The quantitative estimate of drug-likeness (QED) is 0.508. The lowest BCUT2D eigenvalue weighted by Gasteiger charge is -2.19. The van der Waals surface area contributed by atoms with Crippen molar-refractivity contribution in [2.24, 2.45) is 0 Å². The minimum atomic E-state index is 0.0395. The standard InChI is InChI=1S/C20H27N3O3S2/c1-3-22(4-2)16(24)12-27-20-21-18-17(14-8-5-9-15(14)28-18)19(25)23(20)11-13-7-6-10-26-13/h13H,3-12H2,1-2H3/t13-/m1/s1. The first-order valence-electron chi connectivity index (χ1n) is 10.2. The van der Waals surface area contributed by atoms with Gasteiger partial charge in [-0.25, -0.2) is 4.98 Å². The van der Waals surface area contributed by atoms with Crippen molar-refractivity contribution in [1.29, 1.82) is 0 Å².